The summed E-state index contributed by atoms with van der Waals surface area (Å²) in [4.78, 5) is 52.5. The van der Waals surface area contributed by atoms with Crippen LogP contribution in [0, 0.1) is 29.5 Å². The van der Waals surface area contributed by atoms with Gasteiger partial charge in [0.2, 0.25) is 17.8 Å². The van der Waals surface area contributed by atoms with Crippen molar-refractivity contribution in [2.24, 2.45) is 23.7 Å². The number of anilines is 1. The third-order valence-electron chi connectivity index (χ3n) is 8.50. The molecule has 0 atom stereocenters. The zero-order chi connectivity index (χ0) is 26.2. The highest BCUT2D eigenvalue weighted by atomic mass is 19.1. The molecule has 2 aliphatic carbocycles. The molecule has 9 nitrogen and oxygen atoms in total. The smallest absolute Gasteiger partial charge is 0.298 e. The number of halogens is 1. The third-order valence-corrected chi connectivity index (χ3v) is 8.50. The summed E-state index contributed by atoms with van der Waals surface area (Å²) in [5, 5.41) is 3.20. The fourth-order valence-corrected chi connectivity index (χ4v) is 5.68. The molecule has 0 unspecified atom stereocenters. The maximum Gasteiger partial charge on any atom is 0.298 e. The molecule has 0 bridgehead atoms. The molecule has 2 saturated carbocycles. The van der Waals surface area contributed by atoms with Crippen molar-refractivity contribution in [3.8, 4) is 0 Å². The number of benzene rings is 1. The molecular weight excluding hydrogens is 489 g/mol. The van der Waals surface area contributed by atoms with Crippen LogP contribution in [-0.2, 0) is 9.59 Å². The second-order valence-electron chi connectivity index (χ2n) is 11.4. The summed E-state index contributed by atoms with van der Waals surface area (Å²) in [7, 11) is 0. The summed E-state index contributed by atoms with van der Waals surface area (Å²) in [5.41, 5.74) is -0.282. The van der Waals surface area contributed by atoms with E-state index in [1.165, 1.54) is 6.07 Å². The Morgan fingerprint density at radius 1 is 0.895 bits per heavy atom. The summed E-state index contributed by atoms with van der Waals surface area (Å²) in [6.07, 6.45) is 7.43. The lowest BCUT2D eigenvalue weighted by atomic mass is 9.96. The van der Waals surface area contributed by atoms with E-state index in [1.54, 1.807) is 12.1 Å². The summed E-state index contributed by atoms with van der Waals surface area (Å²) in [5.74, 6) is 1.20. The molecule has 0 spiro atoms. The van der Waals surface area contributed by atoms with E-state index in [2.05, 4.69) is 10.3 Å². The van der Waals surface area contributed by atoms with Gasteiger partial charge in [-0.15, -0.1) is 4.73 Å². The molecule has 2 saturated heterocycles. The highest BCUT2D eigenvalue weighted by molar-refractivity contribution is 5.81. The lowest BCUT2D eigenvalue weighted by molar-refractivity contribution is -0.134. The number of aromatic nitrogens is 2. The first-order valence-corrected chi connectivity index (χ1v) is 14.1. The summed E-state index contributed by atoms with van der Waals surface area (Å²) >= 11 is 0. The van der Waals surface area contributed by atoms with Crippen molar-refractivity contribution in [1.82, 2.24) is 19.5 Å². The van der Waals surface area contributed by atoms with Gasteiger partial charge in [0.1, 0.15) is 17.8 Å². The van der Waals surface area contributed by atoms with Gasteiger partial charge in [0.05, 0.1) is 5.52 Å². The molecule has 1 N–H and O–H groups in total. The van der Waals surface area contributed by atoms with Crippen molar-refractivity contribution < 1.29 is 18.8 Å². The Bertz CT molecular complexity index is 1260. The van der Waals surface area contributed by atoms with Crippen LogP contribution in [0.3, 0.4) is 0 Å². The fourth-order valence-electron chi connectivity index (χ4n) is 5.68. The van der Waals surface area contributed by atoms with Crippen LogP contribution in [0.4, 0.5) is 10.3 Å². The molecule has 2 aromatic rings. The van der Waals surface area contributed by atoms with Gasteiger partial charge in [-0.05, 0) is 75.3 Å². The van der Waals surface area contributed by atoms with Crippen molar-refractivity contribution in [2.45, 2.75) is 51.4 Å². The SMILES string of the molecule is O=C(C1CC1)N1CCC(CNc2nc3cccc(F)c3c(=O)n2OCC2CCN(C(=O)C3CC3)CC2)CC1. The second-order valence-corrected chi connectivity index (χ2v) is 11.4. The summed E-state index contributed by atoms with van der Waals surface area (Å²) < 4.78 is 15.7. The highest BCUT2D eigenvalue weighted by Gasteiger charge is 2.36. The largest absolute Gasteiger partial charge is 0.407 e. The molecule has 4 aliphatic rings. The number of hydrogen-bond acceptors (Lipinski definition) is 6. The average Bonchev–Trinajstić information content (AvgIpc) is 3.85. The maximum atomic E-state index is 14.6. The quantitative estimate of drug-likeness (QED) is 0.569. The number of carbonyl (C=O) groups is 2. The fraction of sp³-hybridized carbons (Fsp3) is 0.643. The highest BCUT2D eigenvalue weighted by Crippen LogP contribution is 2.33. The number of hydrogen-bond donors (Lipinski definition) is 1. The summed E-state index contributed by atoms with van der Waals surface area (Å²) in [6, 6.07) is 4.43. The molecular formula is C28H36FN5O4. The van der Waals surface area contributed by atoms with E-state index < -0.39 is 11.4 Å². The number of amides is 2. The molecule has 10 heteroatoms. The van der Waals surface area contributed by atoms with Gasteiger partial charge in [-0.1, -0.05) is 6.07 Å². The first-order chi connectivity index (χ1) is 18.5. The number of fused-ring (bicyclic) bond motifs is 1. The Labute approximate surface area is 221 Å². The van der Waals surface area contributed by atoms with Crippen LogP contribution >= 0.6 is 0 Å². The Balaban J connectivity index is 1.11. The number of rotatable bonds is 8. The topological polar surface area (TPSA) is 96.8 Å². The third kappa shape index (κ3) is 5.35. The standard InChI is InChI=1S/C28H36FN5O4/c29-22-2-1-3-23-24(22)27(37)34(38-17-19-10-14-33(15-11-19)26(36)21-6-7-21)28(31-23)30-16-18-8-12-32(13-9-18)25(35)20-4-5-20/h1-3,18-21H,4-17H2,(H,30,31). The minimum atomic E-state index is -0.622. The van der Waals surface area contributed by atoms with Gasteiger partial charge in [-0.3, -0.25) is 14.4 Å². The van der Waals surface area contributed by atoms with Crippen LogP contribution < -0.4 is 15.7 Å². The van der Waals surface area contributed by atoms with Gasteiger partial charge in [-0.2, -0.15) is 0 Å². The lowest BCUT2D eigenvalue weighted by Gasteiger charge is -2.33. The van der Waals surface area contributed by atoms with E-state index >= 15 is 0 Å². The van der Waals surface area contributed by atoms with Crippen LogP contribution in [0.5, 0.6) is 0 Å². The number of nitrogens with zero attached hydrogens (tertiary/aromatic N) is 4. The molecule has 1 aromatic carbocycles. The Morgan fingerprint density at radius 2 is 1.47 bits per heavy atom. The molecule has 1 aromatic heterocycles. The minimum Gasteiger partial charge on any atom is -0.407 e. The monoisotopic (exact) mass is 525 g/mol. The van der Waals surface area contributed by atoms with E-state index in [9.17, 15) is 18.8 Å². The van der Waals surface area contributed by atoms with Crippen molar-refractivity contribution in [2.75, 3.05) is 44.6 Å². The normalized spacial score (nSPS) is 21.1. The van der Waals surface area contributed by atoms with Crippen molar-refractivity contribution >= 4 is 28.7 Å². The van der Waals surface area contributed by atoms with Gasteiger partial charge in [-0.25, -0.2) is 9.37 Å². The van der Waals surface area contributed by atoms with Crippen molar-refractivity contribution in [3.63, 3.8) is 0 Å². The Hall–Kier alpha value is -3.17. The lowest BCUT2D eigenvalue weighted by Crippen LogP contribution is -2.42. The molecule has 38 heavy (non-hydrogen) atoms. The predicted octanol–water partition coefficient (Wildman–Crippen LogP) is 2.67. The molecule has 6 rings (SSSR count). The van der Waals surface area contributed by atoms with E-state index in [0.29, 0.717) is 38.1 Å². The van der Waals surface area contributed by atoms with E-state index in [1.807, 2.05) is 9.80 Å². The van der Waals surface area contributed by atoms with Gasteiger partial charge in [0.25, 0.3) is 5.56 Å². The van der Waals surface area contributed by atoms with Crippen molar-refractivity contribution in [3.05, 3.63) is 34.4 Å². The zero-order valence-corrected chi connectivity index (χ0v) is 21.7. The minimum absolute atomic E-state index is 0.0882. The van der Waals surface area contributed by atoms with Crippen LogP contribution in [0.1, 0.15) is 51.4 Å². The van der Waals surface area contributed by atoms with Crippen LogP contribution in [0.25, 0.3) is 10.9 Å². The maximum absolute atomic E-state index is 14.6. The summed E-state index contributed by atoms with van der Waals surface area (Å²) in [6.45, 7) is 3.80. The van der Waals surface area contributed by atoms with E-state index in [4.69, 9.17) is 4.84 Å². The van der Waals surface area contributed by atoms with E-state index in [-0.39, 0.29) is 40.5 Å². The Morgan fingerprint density at radius 3 is 2.05 bits per heavy atom. The number of carbonyl (C=O) groups excluding carboxylic acids is 2. The first-order valence-electron chi connectivity index (χ1n) is 14.1. The first kappa shape index (κ1) is 25.1. The van der Waals surface area contributed by atoms with Gasteiger partial charge in [0.15, 0.2) is 0 Å². The zero-order valence-electron chi connectivity index (χ0n) is 21.7. The molecule has 4 fully saturated rings. The predicted molar refractivity (Wildman–Crippen MR) is 140 cm³/mol. The van der Waals surface area contributed by atoms with Crippen LogP contribution in [-0.4, -0.2) is 70.7 Å². The molecule has 0 radical (unpaired) electrons. The molecule has 3 heterocycles. The van der Waals surface area contributed by atoms with Gasteiger partial charge >= 0.3 is 0 Å². The van der Waals surface area contributed by atoms with Gasteiger partial charge < -0.3 is 20.0 Å². The molecule has 2 amide bonds. The number of likely N-dealkylation sites (tertiary alicyclic amines) is 2. The van der Waals surface area contributed by atoms with Gasteiger partial charge in [0, 0.05) is 44.6 Å². The van der Waals surface area contributed by atoms with Crippen LogP contribution in [0.15, 0.2) is 23.0 Å². The van der Waals surface area contributed by atoms with Crippen molar-refractivity contribution in [1.29, 1.82) is 0 Å². The Kier molecular flexibility index (Phi) is 6.97. The molecule has 2 aliphatic heterocycles. The average molecular weight is 526 g/mol. The molecule has 204 valence electrons. The number of piperidine rings is 2. The van der Waals surface area contributed by atoms with E-state index in [0.717, 1.165) is 69.2 Å². The van der Waals surface area contributed by atoms with Crippen LogP contribution in [0.2, 0.25) is 0 Å². The number of nitrogens with one attached hydrogen (secondary N) is 1. The second kappa shape index (κ2) is 10.5.